The normalized spacial score (nSPS) is 13.1. The van der Waals surface area contributed by atoms with Gasteiger partial charge in [0.15, 0.2) is 0 Å². The van der Waals surface area contributed by atoms with E-state index in [0.29, 0.717) is 0 Å². The minimum atomic E-state index is 0.252. The predicted molar refractivity (Wildman–Crippen MR) is 94.8 cm³/mol. The minimum Gasteiger partial charge on any atom is -0.457 e. The first-order valence-corrected chi connectivity index (χ1v) is 8.76. The summed E-state index contributed by atoms with van der Waals surface area (Å²) in [6, 6.07) is 25.0. The Balaban J connectivity index is 1.79. The number of hydrogen-bond donors (Lipinski definition) is 0. The van der Waals surface area contributed by atoms with Crippen LogP contribution in [0.2, 0.25) is 0 Å². The fourth-order valence-corrected chi connectivity index (χ4v) is 4.12. The molecule has 3 heteroatoms. The second kappa shape index (κ2) is 5.82. The molecule has 0 radical (unpaired) electrons. The average Bonchev–Trinajstić information content (AvgIpc) is 2.56. The van der Waals surface area contributed by atoms with E-state index in [1.165, 1.54) is 16.0 Å². The molecule has 0 spiro atoms. The molecule has 0 saturated heterocycles. The summed E-state index contributed by atoms with van der Waals surface area (Å²) in [5.74, 6) is 1.91. The Morgan fingerprint density at radius 3 is 1.86 bits per heavy atom. The molecule has 0 bridgehead atoms. The molecule has 3 aromatic rings. The van der Waals surface area contributed by atoms with E-state index >= 15 is 0 Å². The maximum atomic E-state index is 6.04. The van der Waals surface area contributed by atoms with Gasteiger partial charge < -0.3 is 4.74 Å². The summed E-state index contributed by atoms with van der Waals surface area (Å²) in [4.78, 5) is 1.25. The molecule has 0 aromatic heterocycles. The summed E-state index contributed by atoms with van der Waals surface area (Å²) in [5.41, 5.74) is 2.46. The van der Waals surface area contributed by atoms with Gasteiger partial charge in [-0.05, 0) is 36.4 Å². The highest BCUT2D eigenvalue weighted by molar-refractivity contribution is 9.10. The molecule has 0 aliphatic carbocycles. The Morgan fingerprint density at radius 2 is 1.27 bits per heavy atom. The zero-order valence-corrected chi connectivity index (χ0v) is 14.1. The van der Waals surface area contributed by atoms with Crippen LogP contribution in [0.3, 0.4) is 0 Å². The number of hydrogen-bond acceptors (Lipinski definition) is 2. The number of thioether (sulfide) groups is 1. The van der Waals surface area contributed by atoms with E-state index in [2.05, 4.69) is 64.5 Å². The number of para-hydroxylation sites is 2. The van der Waals surface area contributed by atoms with Crippen molar-refractivity contribution < 1.29 is 4.74 Å². The highest BCUT2D eigenvalue weighted by atomic mass is 79.9. The molecule has 1 heterocycles. The standard InChI is InChI=1S/C19H13BrOS/c20-13-9-11-14(12-10-13)22-19-15-5-1-3-7-17(15)21-18-8-4-2-6-16(18)19/h1-12,19H. The van der Waals surface area contributed by atoms with Gasteiger partial charge in [-0.25, -0.2) is 0 Å². The van der Waals surface area contributed by atoms with Crippen LogP contribution < -0.4 is 4.74 Å². The van der Waals surface area contributed by atoms with Crippen LogP contribution in [0.5, 0.6) is 11.5 Å². The number of halogens is 1. The Hall–Kier alpha value is -1.71. The van der Waals surface area contributed by atoms with Crippen molar-refractivity contribution >= 4 is 27.7 Å². The molecule has 22 heavy (non-hydrogen) atoms. The molecule has 108 valence electrons. The van der Waals surface area contributed by atoms with Gasteiger partial charge in [0, 0.05) is 20.5 Å². The Morgan fingerprint density at radius 1 is 0.727 bits per heavy atom. The molecular formula is C19H13BrOS. The summed E-state index contributed by atoms with van der Waals surface area (Å²) in [5, 5.41) is 0.252. The number of benzene rings is 3. The van der Waals surface area contributed by atoms with Crippen LogP contribution in [0, 0.1) is 0 Å². The fourth-order valence-electron chi connectivity index (χ4n) is 2.64. The maximum Gasteiger partial charge on any atom is 0.132 e. The van der Waals surface area contributed by atoms with E-state index in [9.17, 15) is 0 Å². The summed E-state index contributed by atoms with van der Waals surface area (Å²) in [7, 11) is 0. The van der Waals surface area contributed by atoms with Crippen molar-refractivity contribution in [3.8, 4) is 11.5 Å². The third-order valence-corrected chi connectivity index (χ3v) is 5.51. The highest BCUT2D eigenvalue weighted by Gasteiger charge is 2.27. The molecule has 0 amide bonds. The van der Waals surface area contributed by atoms with Gasteiger partial charge in [0.1, 0.15) is 11.5 Å². The lowest BCUT2D eigenvalue weighted by molar-refractivity contribution is 0.459. The SMILES string of the molecule is Brc1ccc(SC2c3ccccc3Oc3ccccc32)cc1. The van der Waals surface area contributed by atoms with E-state index in [-0.39, 0.29) is 5.25 Å². The molecule has 4 rings (SSSR count). The van der Waals surface area contributed by atoms with E-state index in [1.54, 1.807) is 0 Å². The summed E-state index contributed by atoms with van der Waals surface area (Å²) >= 11 is 5.35. The van der Waals surface area contributed by atoms with Crippen LogP contribution in [0.1, 0.15) is 16.4 Å². The molecule has 1 aliphatic rings. The lowest BCUT2D eigenvalue weighted by Crippen LogP contribution is -2.07. The van der Waals surface area contributed by atoms with Gasteiger partial charge in [-0.15, -0.1) is 11.8 Å². The average molecular weight is 369 g/mol. The summed E-state index contributed by atoms with van der Waals surface area (Å²) in [6.45, 7) is 0. The monoisotopic (exact) mass is 368 g/mol. The molecule has 1 nitrogen and oxygen atoms in total. The summed E-state index contributed by atoms with van der Waals surface area (Å²) < 4.78 is 7.15. The Bertz CT molecular complexity index is 768. The largest absolute Gasteiger partial charge is 0.457 e. The van der Waals surface area contributed by atoms with Crippen LogP contribution >= 0.6 is 27.7 Å². The van der Waals surface area contributed by atoms with Gasteiger partial charge in [-0.1, -0.05) is 52.3 Å². The zero-order valence-electron chi connectivity index (χ0n) is 11.7. The second-order valence-electron chi connectivity index (χ2n) is 5.13. The van der Waals surface area contributed by atoms with Crippen molar-refractivity contribution in [3.05, 3.63) is 88.4 Å². The van der Waals surface area contributed by atoms with Gasteiger partial charge in [-0.3, -0.25) is 0 Å². The van der Waals surface area contributed by atoms with Crippen molar-refractivity contribution in [2.24, 2.45) is 0 Å². The van der Waals surface area contributed by atoms with Crippen LogP contribution in [0.15, 0.2) is 82.2 Å². The van der Waals surface area contributed by atoms with E-state index in [0.717, 1.165) is 16.0 Å². The van der Waals surface area contributed by atoms with Crippen molar-refractivity contribution in [1.82, 2.24) is 0 Å². The molecular weight excluding hydrogens is 356 g/mol. The fraction of sp³-hybridized carbons (Fsp3) is 0.0526. The van der Waals surface area contributed by atoms with Crippen molar-refractivity contribution in [2.75, 3.05) is 0 Å². The van der Waals surface area contributed by atoms with Gasteiger partial charge in [0.05, 0.1) is 5.25 Å². The third kappa shape index (κ3) is 2.55. The van der Waals surface area contributed by atoms with Crippen LogP contribution in [-0.2, 0) is 0 Å². The first-order valence-electron chi connectivity index (χ1n) is 7.09. The van der Waals surface area contributed by atoms with Crippen LogP contribution in [0.25, 0.3) is 0 Å². The number of ether oxygens (including phenoxy) is 1. The van der Waals surface area contributed by atoms with Crippen molar-refractivity contribution in [3.63, 3.8) is 0 Å². The van der Waals surface area contributed by atoms with E-state index < -0.39 is 0 Å². The van der Waals surface area contributed by atoms with Gasteiger partial charge in [0.2, 0.25) is 0 Å². The Kier molecular flexibility index (Phi) is 3.68. The lowest BCUT2D eigenvalue weighted by Gasteiger charge is -2.27. The van der Waals surface area contributed by atoms with Gasteiger partial charge in [-0.2, -0.15) is 0 Å². The quantitative estimate of drug-likeness (QED) is 0.514. The topological polar surface area (TPSA) is 9.23 Å². The van der Waals surface area contributed by atoms with Crippen LogP contribution in [-0.4, -0.2) is 0 Å². The third-order valence-electron chi connectivity index (χ3n) is 3.69. The summed E-state index contributed by atoms with van der Waals surface area (Å²) in [6.07, 6.45) is 0. The van der Waals surface area contributed by atoms with E-state index in [4.69, 9.17) is 4.74 Å². The molecule has 0 saturated carbocycles. The second-order valence-corrected chi connectivity index (χ2v) is 7.22. The molecule has 0 unspecified atom stereocenters. The maximum absolute atomic E-state index is 6.04. The first kappa shape index (κ1) is 13.9. The predicted octanol–water partition coefficient (Wildman–Crippen LogP) is 6.44. The van der Waals surface area contributed by atoms with Crippen molar-refractivity contribution in [1.29, 1.82) is 0 Å². The highest BCUT2D eigenvalue weighted by Crippen LogP contribution is 2.51. The zero-order chi connectivity index (χ0) is 14.9. The van der Waals surface area contributed by atoms with E-state index in [1.807, 2.05) is 36.0 Å². The van der Waals surface area contributed by atoms with Gasteiger partial charge in [0.25, 0.3) is 0 Å². The van der Waals surface area contributed by atoms with Gasteiger partial charge >= 0.3 is 0 Å². The molecule has 0 fully saturated rings. The van der Waals surface area contributed by atoms with Crippen molar-refractivity contribution in [2.45, 2.75) is 10.1 Å². The number of rotatable bonds is 2. The molecule has 0 N–H and O–H groups in total. The molecule has 1 aliphatic heterocycles. The lowest BCUT2D eigenvalue weighted by atomic mass is 10.00. The molecule has 3 aromatic carbocycles. The first-order chi connectivity index (χ1) is 10.8. The minimum absolute atomic E-state index is 0.252. The molecule has 0 atom stereocenters. The smallest absolute Gasteiger partial charge is 0.132 e. The Labute approximate surface area is 142 Å². The van der Waals surface area contributed by atoms with Crippen LogP contribution in [0.4, 0.5) is 0 Å². The number of fused-ring (bicyclic) bond motifs is 2.